The normalized spacial score (nSPS) is 23.1. The third kappa shape index (κ3) is 7.78. The van der Waals surface area contributed by atoms with Crippen molar-refractivity contribution in [2.45, 2.75) is 83.6 Å². The largest absolute Gasteiger partial charge is 0.460 e. The van der Waals surface area contributed by atoms with Crippen molar-refractivity contribution in [1.29, 1.82) is 0 Å². The van der Waals surface area contributed by atoms with Crippen molar-refractivity contribution in [1.82, 2.24) is 9.80 Å². The number of piperidine rings is 1. The Labute approximate surface area is 197 Å². The number of nitrogens with zero attached hydrogens (tertiary/aromatic N) is 2. The summed E-state index contributed by atoms with van der Waals surface area (Å²) in [7, 11) is 2.15. The van der Waals surface area contributed by atoms with Gasteiger partial charge in [-0.2, -0.15) is 0 Å². The summed E-state index contributed by atoms with van der Waals surface area (Å²) in [5, 5.41) is 10.3. The summed E-state index contributed by atoms with van der Waals surface area (Å²) in [5.41, 5.74) is 0.591. The van der Waals surface area contributed by atoms with Crippen LogP contribution in [-0.2, 0) is 9.53 Å². The van der Waals surface area contributed by atoms with E-state index in [0.717, 1.165) is 44.5 Å². The number of thioether (sulfide) groups is 1. The van der Waals surface area contributed by atoms with Crippen LogP contribution < -0.4 is 0 Å². The number of carbonyl (C=O) groups excluding carboxylic acids is 2. The van der Waals surface area contributed by atoms with Gasteiger partial charge in [0.2, 0.25) is 0 Å². The number of rotatable bonds is 8. The van der Waals surface area contributed by atoms with Crippen LogP contribution in [0, 0.1) is 0 Å². The van der Waals surface area contributed by atoms with E-state index in [2.05, 4.69) is 25.8 Å². The summed E-state index contributed by atoms with van der Waals surface area (Å²) in [4.78, 5) is 27.8. The monoisotopic (exact) mass is 464 g/mol. The van der Waals surface area contributed by atoms with Crippen molar-refractivity contribution in [3.8, 4) is 0 Å². The third-order valence-electron chi connectivity index (χ3n) is 6.19. The number of hydrogen-bond donors (Lipinski definition) is 1. The van der Waals surface area contributed by atoms with E-state index >= 15 is 0 Å². The van der Waals surface area contributed by atoms with Gasteiger partial charge >= 0.3 is 5.97 Å². The molecule has 180 valence electrons. The number of amides is 1. The highest BCUT2D eigenvalue weighted by atomic mass is 32.2. The molecular weight excluding hydrogens is 424 g/mol. The highest BCUT2D eigenvalue weighted by Crippen LogP contribution is 2.35. The second kappa shape index (κ2) is 13.9. The predicted octanol–water partition coefficient (Wildman–Crippen LogP) is 4.87. The first-order chi connectivity index (χ1) is 15.4. The molecule has 4 atom stereocenters. The molecule has 1 N–H and O–H groups in total. The molecule has 2 aliphatic rings. The highest BCUT2D eigenvalue weighted by Gasteiger charge is 2.40. The van der Waals surface area contributed by atoms with E-state index < -0.39 is 12.1 Å². The van der Waals surface area contributed by atoms with E-state index in [1.165, 1.54) is 24.6 Å². The summed E-state index contributed by atoms with van der Waals surface area (Å²) >= 11 is 1.41. The number of carbonyl (C=O) groups is 2. The molecule has 2 bridgehead atoms. The molecule has 2 fully saturated rings. The number of hydrogen-bond acceptors (Lipinski definition) is 6. The van der Waals surface area contributed by atoms with Gasteiger partial charge in [-0.15, -0.1) is 0 Å². The second-order valence-corrected chi connectivity index (χ2v) is 9.80. The average Bonchev–Trinajstić information content (AvgIpc) is 3.00. The van der Waals surface area contributed by atoms with Crippen molar-refractivity contribution in [3.05, 3.63) is 35.9 Å². The molecule has 7 heteroatoms. The maximum absolute atomic E-state index is 12.0. The van der Waals surface area contributed by atoms with Crippen molar-refractivity contribution in [2.75, 3.05) is 25.9 Å². The van der Waals surface area contributed by atoms with Gasteiger partial charge in [0.25, 0.3) is 5.24 Å². The van der Waals surface area contributed by atoms with Gasteiger partial charge in [0.1, 0.15) is 6.10 Å². The minimum absolute atomic E-state index is 0.0467. The van der Waals surface area contributed by atoms with E-state index in [0.29, 0.717) is 17.6 Å². The van der Waals surface area contributed by atoms with Crippen LogP contribution in [0.25, 0.3) is 0 Å². The van der Waals surface area contributed by atoms with Gasteiger partial charge in [-0.3, -0.25) is 4.79 Å². The smallest absolute Gasteiger partial charge is 0.339 e. The lowest BCUT2D eigenvalue weighted by Gasteiger charge is -2.36. The molecule has 0 spiro atoms. The van der Waals surface area contributed by atoms with Crippen LogP contribution in [-0.4, -0.2) is 70.2 Å². The lowest BCUT2D eigenvalue weighted by Crippen LogP contribution is -2.43. The van der Waals surface area contributed by atoms with E-state index in [9.17, 15) is 14.7 Å². The molecule has 32 heavy (non-hydrogen) atoms. The molecule has 2 unspecified atom stereocenters. The minimum atomic E-state index is -1.17. The fourth-order valence-electron chi connectivity index (χ4n) is 4.51. The first-order valence-electron chi connectivity index (χ1n) is 12.0. The molecule has 0 aliphatic carbocycles. The Morgan fingerprint density at radius 1 is 1.09 bits per heavy atom. The van der Waals surface area contributed by atoms with Crippen LogP contribution in [0.4, 0.5) is 4.79 Å². The molecule has 1 aromatic carbocycles. The van der Waals surface area contributed by atoms with Gasteiger partial charge in [0.15, 0.2) is 6.10 Å². The molecule has 1 aromatic rings. The highest BCUT2D eigenvalue weighted by molar-refractivity contribution is 8.13. The quantitative estimate of drug-likeness (QED) is 0.554. The lowest BCUT2D eigenvalue weighted by atomic mass is 10.0. The van der Waals surface area contributed by atoms with E-state index in [1.54, 1.807) is 12.1 Å². The van der Waals surface area contributed by atoms with Crippen molar-refractivity contribution in [3.63, 3.8) is 0 Å². The molecule has 1 amide bonds. The Morgan fingerprint density at radius 2 is 1.66 bits per heavy atom. The van der Waals surface area contributed by atoms with Crippen LogP contribution in [0.3, 0.4) is 0 Å². The summed E-state index contributed by atoms with van der Waals surface area (Å²) < 4.78 is 5.52. The zero-order valence-corrected chi connectivity index (χ0v) is 20.9. The fraction of sp³-hybridized carbons (Fsp3) is 0.680. The van der Waals surface area contributed by atoms with Crippen LogP contribution >= 0.6 is 11.8 Å². The Bertz CT molecular complexity index is 682. The first kappa shape index (κ1) is 26.7. The SMILES string of the molecule is CCCN(CCC)C(=O)SCC.CN1[C@@H]2CC[C@H]1CC(OC(=O)C(O)c1ccccc1)C2. The number of aliphatic hydroxyl groups excluding tert-OH is 1. The molecular formula is C25H40N2O4S. The predicted molar refractivity (Wildman–Crippen MR) is 131 cm³/mol. The standard InChI is InChI=1S/C16H21NO3.C9H19NOS/c1-17-12-7-8-13(17)10-14(9-12)20-16(19)15(18)11-5-3-2-4-6-11;1-4-7-10(8-5-2)9(11)12-6-3/h2-6,12-15,18H,7-10H2,1H3;4-8H2,1-3H3/t12-,13+,14?,15?;. The topological polar surface area (TPSA) is 70.1 Å². The summed E-state index contributed by atoms with van der Waals surface area (Å²) in [6.07, 6.45) is 5.04. The number of benzene rings is 1. The molecule has 6 nitrogen and oxygen atoms in total. The van der Waals surface area contributed by atoms with Crippen molar-refractivity contribution < 1.29 is 19.4 Å². The molecule has 2 aliphatic heterocycles. The number of fused-ring (bicyclic) bond motifs is 2. The van der Waals surface area contributed by atoms with E-state index in [1.807, 2.05) is 30.0 Å². The Balaban J connectivity index is 0.000000262. The van der Waals surface area contributed by atoms with Crippen LogP contribution in [0.15, 0.2) is 30.3 Å². The maximum Gasteiger partial charge on any atom is 0.339 e. The van der Waals surface area contributed by atoms with Gasteiger partial charge in [-0.1, -0.05) is 62.9 Å². The van der Waals surface area contributed by atoms with Crippen LogP contribution in [0.5, 0.6) is 0 Å². The van der Waals surface area contributed by atoms with Gasteiger partial charge in [0, 0.05) is 25.2 Å². The van der Waals surface area contributed by atoms with Crippen LogP contribution in [0.2, 0.25) is 0 Å². The summed E-state index contributed by atoms with van der Waals surface area (Å²) in [6, 6.07) is 10.0. The third-order valence-corrected chi connectivity index (χ3v) is 6.98. The summed E-state index contributed by atoms with van der Waals surface area (Å²) in [6.45, 7) is 8.02. The zero-order valence-electron chi connectivity index (χ0n) is 20.0. The maximum atomic E-state index is 12.0. The molecule has 0 saturated carbocycles. The number of ether oxygens (including phenoxy) is 1. The molecule has 2 heterocycles. The van der Waals surface area contributed by atoms with Crippen molar-refractivity contribution >= 4 is 23.0 Å². The zero-order chi connectivity index (χ0) is 23.5. The number of aliphatic hydroxyl groups is 1. The Kier molecular flexibility index (Phi) is 11.6. The van der Waals surface area contributed by atoms with Gasteiger partial charge in [-0.05, 0) is 56.9 Å². The van der Waals surface area contributed by atoms with E-state index in [-0.39, 0.29) is 11.3 Å². The average molecular weight is 465 g/mol. The van der Waals surface area contributed by atoms with Crippen LogP contribution in [0.1, 0.15) is 71.0 Å². The Morgan fingerprint density at radius 3 is 2.16 bits per heavy atom. The number of esters is 1. The van der Waals surface area contributed by atoms with Gasteiger partial charge in [-0.25, -0.2) is 4.79 Å². The van der Waals surface area contributed by atoms with Gasteiger partial charge in [0.05, 0.1) is 0 Å². The van der Waals surface area contributed by atoms with E-state index in [4.69, 9.17) is 4.74 Å². The Hall–Kier alpha value is -1.57. The second-order valence-electron chi connectivity index (χ2n) is 8.58. The molecule has 3 rings (SSSR count). The van der Waals surface area contributed by atoms with Crippen molar-refractivity contribution in [2.24, 2.45) is 0 Å². The first-order valence-corrected chi connectivity index (χ1v) is 13.0. The minimum Gasteiger partial charge on any atom is -0.460 e. The fourth-order valence-corrected chi connectivity index (χ4v) is 5.12. The summed E-state index contributed by atoms with van der Waals surface area (Å²) in [5.74, 6) is 0.355. The molecule has 0 radical (unpaired) electrons. The lowest BCUT2D eigenvalue weighted by molar-refractivity contribution is -0.162. The van der Waals surface area contributed by atoms with Gasteiger partial charge < -0.3 is 19.6 Å². The molecule has 2 saturated heterocycles. The molecule has 0 aromatic heterocycles.